The van der Waals surface area contributed by atoms with Crippen molar-refractivity contribution in [2.24, 2.45) is 11.8 Å². The zero-order chi connectivity index (χ0) is 20.1. The Hall–Kier alpha value is -1.80. The van der Waals surface area contributed by atoms with Crippen LogP contribution in [-0.2, 0) is 36.9 Å². The van der Waals surface area contributed by atoms with Crippen LogP contribution in [-0.4, -0.2) is 54.6 Å². The molecule has 2 aromatic carbocycles. The molecule has 1 spiro atoms. The summed E-state index contributed by atoms with van der Waals surface area (Å²) in [6.45, 7) is 1.82. The largest absolute Gasteiger partial charge is 0.390 e. The van der Waals surface area contributed by atoms with Crippen LogP contribution in [0.5, 0.6) is 0 Å². The first-order chi connectivity index (χ1) is 14.8. The highest BCUT2D eigenvalue weighted by Gasteiger charge is 2.81. The molecule has 0 aromatic heterocycles. The first-order valence-electron chi connectivity index (χ1n) is 10.7. The maximum Gasteiger partial charge on any atom is 0.164 e. The molecule has 3 heterocycles. The van der Waals surface area contributed by atoms with Gasteiger partial charge in [0, 0.05) is 5.92 Å². The van der Waals surface area contributed by atoms with Crippen molar-refractivity contribution in [3.63, 3.8) is 0 Å². The first kappa shape index (κ1) is 18.9. The monoisotopic (exact) mass is 410 g/mol. The normalized spacial score (nSPS) is 40.8. The van der Waals surface area contributed by atoms with Gasteiger partial charge in [-0.15, -0.1) is 0 Å². The van der Waals surface area contributed by atoms with Crippen LogP contribution in [0.4, 0.5) is 0 Å². The lowest BCUT2D eigenvalue weighted by Crippen LogP contribution is -2.56. The van der Waals surface area contributed by atoms with Gasteiger partial charge < -0.3 is 28.8 Å². The Balaban J connectivity index is 1.20. The molecule has 1 N–H and O–H groups in total. The van der Waals surface area contributed by atoms with Crippen LogP contribution in [0.25, 0.3) is 0 Å². The Morgan fingerprint density at radius 3 is 2.40 bits per heavy atom. The molecule has 0 unspecified atom stereocenters. The number of rotatable bonds is 7. The number of epoxide rings is 1. The van der Waals surface area contributed by atoms with Crippen LogP contribution in [0.1, 0.15) is 11.1 Å². The fraction of sp³-hybridized carbons (Fsp3) is 0.500. The summed E-state index contributed by atoms with van der Waals surface area (Å²) in [6, 6.07) is 20.1. The molecular formula is C24H26O6. The highest BCUT2D eigenvalue weighted by Crippen LogP contribution is 2.64. The molecule has 6 rings (SSSR count). The van der Waals surface area contributed by atoms with E-state index in [0.29, 0.717) is 26.4 Å². The van der Waals surface area contributed by atoms with E-state index in [1.54, 1.807) is 0 Å². The van der Waals surface area contributed by atoms with Gasteiger partial charge in [-0.2, -0.15) is 0 Å². The maximum absolute atomic E-state index is 11.0. The van der Waals surface area contributed by atoms with Gasteiger partial charge in [0.2, 0.25) is 0 Å². The lowest BCUT2D eigenvalue weighted by molar-refractivity contribution is -0.272. The lowest BCUT2D eigenvalue weighted by Gasteiger charge is -2.44. The number of aliphatic hydroxyl groups is 1. The van der Waals surface area contributed by atoms with E-state index in [0.717, 1.165) is 11.1 Å². The average Bonchev–Trinajstić information content (AvgIpc) is 3.32. The standard InChI is InChI=1S/C24H26O6/c25-20-18-19-23(28-14-24(19)22(20)30-24)29-17(13-26-11-15-7-3-1-4-8-15)21(18)27-12-16-9-5-2-6-10-16/h1-10,17-23,25H,11-14H2/t17-,18-,19-,20-,21-,22+,23+,24-/m1/s1. The van der Waals surface area contributed by atoms with Crippen LogP contribution in [0.3, 0.4) is 0 Å². The van der Waals surface area contributed by atoms with Gasteiger partial charge in [0.15, 0.2) is 6.29 Å². The number of hydrogen-bond acceptors (Lipinski definition) is 6. The second kappa shape index (κ2) is 7.41. The number of benzene rings is 2. The number of hydrogen-bond donors (Lipinski definition) is 1. The smallest absolute Gasteiger partial charge is 0.164 e. The van der Waals surface area contributed by atoms with Gasteiger partial charge in [0.05, 0.1) is 44.6 Å². The average molecular weight is 410 g/mol. The van der Waals surface area contributed by atoms with Crippen molar-refractivity contribution in [2.45, 2.75) is 49.5 Å². The second-order valence-corrected chi connectivity index (χ2v) is 8.70. The summed E-state index contributed by atoms with van der Waals surface area (Å²) < 4.78 is 30.5. The molecule has 30 heavy (non-hydrogen) atoms. The third-order valence-corrected chi connectivity index (χ3v) is 6.95. The third kappa shape index (κ3) is 3.02. The van der Waals surface area contributed by atoms with Crippen molar-refractivity contribution < 1.29 is 28.8 Å². The summed E-state index contributed by atoms with van der Waals surface area (Å²) >= 11 is 0. The molecule has 4 aliphatic rings. The summed E-state index contributed by atoms with van der Waals surface area (Å²) in [5.74, 6) is -0.0808. The van der Waals surface area contributed by atoms with E-state index >= 15 is 0 Å². The van der Waals surface area contributed by atoms with E-state index in [1.165, 1.54) is 0 Å². The number of aliphatic hydroxyl groups excluding tert-OH is 1. The molecule has 8 atom stereocenters. The molecule has 3 saturated heterocycles. The van der Waals surface area contributed by atoms with Gasteiger partial charge in [0.1, 0.15) is 17.8 Å². The van der Waals surface area contributed by atoms with Crippen molar-refractivity contribution >= 4 is 0 Å². The van der Waals surface area contributed by atoms with Crippen molar-refractivity contribution in [1.82, 2.24) is 0 Å². The minimum absolute atomic E-state index is 0.00338. The molecule has 6 heteroatoms. The van der Waals surface area contributed by atoms with Crippen molar-refractivity contribution in [2.75, 3.05) is 13.2 Å². The second-order valence-electron chi connectivity index (χ2n) is 8.70. The Kier molecular flexibility index (Phi) is 4.67. The molecular weight excluding hydrogens is 384 g/mol. The maximum atomic E-state index is 11.0. The Morgan fingerprint density at radius 2 is 1.67 bits per heavy atom. The van der Waals surface area contributed by atoms with Crippen molar-refractivity contribution in [3.05, 3.63) is 71.8 Å². The molecule has 158 valence electrons. The zero-order valence-electron chi connectivity index (χ0n) is 16.6. The molecule has 1 aliphatic carbocycles. The summed E-state index contributed by atoms with van der Waals surface area (Å²) in [4.78, 5) is 0. The Bertz CT molecular complexity index is 876. The summed E-state index contributed by atoms with van der Waals surface area (Å²) in [5, 5.41) is 11.0. The lowest BCUT2D eigenvalue weighted by atomic mass is 9.80. The van der Waals surface area contributed by atoms with E-state index in [1.807, 2.05) is 60.7 Å². The molecule has 3 aliphatic heterocycles. The SMILES string of the molecule is O[C@@H]1[C@@H]2[C@H](OCc3ccccc3)[C@@H](COCc3ccccc3)O[C@@H]3OC[C@@]4(O[C@@H]14)[C@@H]32. The molecule has 4 fully saturated rings. The van der Waals surface area contributed by atoms with Gasteiger partial charge in [-0.05, 0) is 11.1 Å². The van der Waals surface area contributed by atoms with Gasteiger partial charge in [-0.25, -0.2) is 0 Å². The van der Waals surface area contributed by atoms with E-state index in [2.05, 4.69) is 0 Å². The van der Waals surface area contributed by atoms with E-state index in [-0.39, 0.29) is 42.0 Å². The van der Waals surface area contributed by atoms with Crippen LogP contribution < -0.4 is 0 Å². The van der Waals surface area contributed by atoms with Crippen LogP contribution in [0, 0.1) is 11.8 Å². The topological polar surface area (TPSA) is 69.7 Å². The van der Waals surface area contributed by atoms with Gasteiger partial charge in [-0.1, -0.05) is 60.7 Å². The van der Waals surface area contributed by atoms with Gasteiger partial charge >= 0.3 is 0 Å². The van der Waals surface area contributed by atoms with E-state index in [4.69, 9.17) is 23.7 Å². The molecule has 6 nitrogen and oxygen atoms in total. The number of ether oxygens (including phenoxy) is 5. The zero-order valence-corrected chi connectivity index (χ0v) is 16.6. The quantitative estimate of drug-likeness (QED) is 0.707. The fourth-order valence-electron chi connectivity index (χ4n) is 5.52. The molecule has 0 bridgehead atoms. The predicted octanol–water partition coefficient (Wildman–Crippen LogP) is 2.29. The fourth-order valence-corrected chi connectivity index (χ4v) is 5.52. The summed E-state index contributed by atoms with van der Waals surface area (Å²) in [6.07, 6.45) is -1.71. The Morgan fingerprint density at radius 1 is 0.967 bits per heavy atom. The van der Waals surface area contributed by atoms with Crippen LogP contribution >= 0.6 is 0 Å². The van der Waals surface area contributed by atoms with Gasteiger partial charge in [-0.3, -0.25) is 0 Å². The highest BCUT2D eigenvalue weighted by atomic mass is 16.7. The third-order valence-electron chi connectivity index (χ3n) is 6.95. The van der Waals surface area contributed by atoms with E-state index < -0.39 is 6.10 Å². The molecule has 2 aromatic rings. The van der Waals surface area contributed by atoms with Crippen molar-refractivity contribution in [3.8, 4) is 0 Å². The van der Waals surface area contributed by atoms with Crippen LogP contribution in [0.15, 0.2) is 60.7 Å². The molecule has 1 saturated carbocycles. The minimum atomic E-state index is -0.567. The predicted molar refractivity (Wildman–Crippen MR) is 106 cm³/mol. The Labute approximate surface area is 175 Å². The van der Waals surface area contributed by atoms with Crippen LogP contribution in [0.2, 0.25) is 0 Å². The van der Waals surface area contributed by atoms with Gasteiger partial charge in [0.25, 0.3) is 0 Å². The first-order valence-corrected chi connectivity index (χ1v) is 10.7. The minimum Gasteiger partial charge on any atom is -0.390 e. The van der Waals surface area contributed by atoms with E-state index in [9.17, 15) is 5.11 Å². The highest BCUT2D eigenvalue weighted by molar-refractivity contribution is 5.26. The molecule has 0 amide bonds. The molecule has 0 radical (unpaired) electrons. The summed E-state index contributed by atoms with van der Waals surface area (Å²) in [7, 11) is 0. The van der Waals surface area contributed by atoms with Crippen molar-refractivity contribution in [1.29, 1.82) is 0 Å². The summed E-state index contributed by atoms with van der Waals surface area (Å²) in [5.41, 5.74) is 1.81.